The van der Waals surface area contributed by atoms with Gasteiger partial charge in [0, 0.05) is 30.3 Å². The Hall–Kier alpha value is -3.09. The minimum atomic E-state index is -0.471. The van der Waals surface area contributed by atoms with Crippen LogP contribution in [0.5, 0.6) is 11.5 Å². The van der Waals surface area contributed by atoms with Gasteiger partial charge in [0.05, 0.1) is 24.6 Å². The molecule has 0 saturated heterocycles. The Balaban J connectivity index is 1.64. The number of carbonyl (C=O) groups is 1. The number of hydrogen-bond donors (Lipinski definition) is 1. The molecule has 0 spiro atoms. The van der Waals surface area contributed by atoms with Gasteiger partial charge in [0.1, 0.15) is 0 Å². The van der Waals surface area contributed by atoms with Crippen LogP contribution >= 0.6 is 0 Å². The highest BCUT2D eigenvalue weighted by Crippen LogP contribution is 2.32. The zero-order valence-corrected chi connectivity index (χ0v) is 12.9. The maximum atomic E-state index is 12.1. The van der Waals surface area contributed by atoms with Gasteiger partial charge in [0.25, 0.3) is 5.69 Å². The number of nitro benzene ring substituents is 1. The van der Waals surface area contributed by atoms with E-state index in [9.17, 15) is 14.9 Å². The zero-order chi connectivity index (χ0) is 16.9. The fourth-order valence-electron chi connectivity index (χ4n) is 2.37. The summed E-state index contributed by atoms with van der Waals surface area (Å²) in [6, 6.07) is 11.2. The van der Waals surface area contributed by atoms with E-state index in [4.69, 9.17) is 9.47 Å². The van der Waals surface area contributed by atoms with Crippen molar-refractivity contribution in [2.75, 3.05) is 18.5 Å². The van der Waals surface area contributed by atoms with E-state index in [1.807, 2.05) is 0 Å². The Labute approximate surface area is 138 Å². The summed E-state index contributed by atoms with van der Waals surface area (Å²) in [6.07, 6.45) is 0.947. The highest BCUT2D eigenvalue weighted by molar-refractivity contribution is 5.92. The minimum Gasteiger partial charge on any atom is -0.490 e. The fourth-order valence-corrected chi connectivity index (χ4v) is 2.37. The number of amides is 1. The van der Waals surface area contributed by atoms with Gasteiger partial charge in [0.15, 0.2) is 11.5 Å². The Morgan fingerprint density at radius 2 is 1.79 bits per heavy atom. The summed E-state index contributed by atoms with van der Waals surface area (Å²) < 4.78 is 11.1. The van der Waals surface area contributed by atoms with E-state index >= 15 is 0 Å². The van der Waals surface area contributed by atoms with Gasteiger partial charge in [-0.15, -0.1) is 0 Å². The molecule has 0 aliphatic carbocycles. The van der Waals surface area contributed by atoms with Crippen LogP contribution in [0.15, 0.2) is 42.5 Å². The topological polar surface area (TPSA) is 90.7 Å². The summed E-state index contributed by atoms with van der Waals surface area (Å²) in [7, 11) is 0. The maximum absolute atomic E-state index is 12.1. The monoisotopic (exact) mass is 328 g/mol. The lowest BCUT2D eigenvalue weighted by Crippen LogP contribution is -2.14. The third-order valence-corrected chi connectivity index (χ3v) is 3.54. The van der Waals surface area contributed by atoms with Crippen molar-refractivity contribution in [1.29, 1.82) is 0 Å². The molecule has 1 aliphatic rings. The summed E-state index contributed by atoms with van der Waals surface area (Å²) in [5, 5.41) is 13.4. The van der Waals surface area contributed by atoms with E-state index in [-0.39, 0.29) is 18.0 Å². The number of carbonyl (C=O) groups excluding carboxylic acids is 1. The Kier molecular flexibility index (Phi) is 4.60. The number of nitrogens with zero attached hydrogens (tertiary/aromatic N) is 1. The van der Waals surface area contributed by atoms with Crippen LogP contribution in [-0.2, 0) is 11.2 Å². The number of hydrogen-bond acceptors (Lipinski definition) is 5. The summed E-state index contributed by atoms with van der Waals surface area (Å²) >= 11 is 0. The van der Waals surface area contributed by atoms with E-state index in [2.05, 4.69) is 5.32 Å². The second-order valence-electron chi connectivity index (χ2n) is 5.36. The van der Waals surface area contributed by atoms with E-state index in [1.165, 1.54) is 12.1 Å². The average Bonchev–Trinajstić information content (AvgIpc) is 2.80. The molecule has 0 unspecified atom stereocenters. The molecule has 0 fully saturated rings. The molecule has 0 radical (unpaired) electrons. The lowest BCUT2D eigenvalue weighted by molar-refractivity contribution is -0.384. The molecule has 24 heavy (non-hydrogen) atoms. The van der Waals surface area contributed by atoms with Crippen LogP contribution in [0.3, 0.4) is 0 Å². The number of benzene rings is 2. The summed E-state index contributed by atoms with van der Waals surface area (Å²) in [5.74, 6) is 1.07. The summed E-state index contributed by atoms with van der Waals surface area (Å²) in [5.41, 5.74) is 1.32. The number of nitrogens with one attached hydrogen (secondary N) is 1. The van der Waals surface area contributed by atoms with Crippen molar-refractivity contribution in [3.63, 3.8) is 0 Å². The van der Waals surface area contributed by atoms with Gasteiger partial charge in [-0.05, 0) is 17.7 Å². The van der Waals surface area contributed by atoms with Crippen LogP contribution in [0.25, 0.3) is 0 Å². The number of ether oxygens (including phenoxy) is 2. The molecule has 7 nitrogen and oxygen atoms in total. The molecule has 0 bridgehead atoms. The second-order valence-corrected chi connectivity index (χ2v) is 5.36. The molecule has 2 aromatic carbocycles. The SMILES string of the molecule is O=C(Cc1ccc([N+](=O)[O-])cc1)Nc1ccc2c(c1)OCCCO2. The number of non-ortho nitro benzene ring substituents is 1. The van der Waals surface area contributed by atoms with E-state index in [1.54, 1.807) is 30.3 Å². The summed E-state index contributed by atoms with van der Waals surface area (Å²) in [6.45, 7) is 1.19. The first-order chi connectivity index (χ1) is 11.6. The van der Waals surface area contributed by atoms with E-state index in [0.29, 0.717) is 36.0 Å². The molecule has 2 aromatic rings. The largest absolute Gasteiger partial charge is 0.490 e. The molecule has 0 aromatic heterocycles. The van der Waals surface area contributed by atoms with Crippen LogP contribution in [0, 0.1) is 10.1 Å². The minimum absolute atomic E-state index is 0.00191. The highest BCUT2D eigenvalue weighted by Gasteiger charge is 2.12. The van der Waals surface area contributed by atoms with Crippen LogP contribution in [0.2, 0.25) is 0 Å². The van der Waals surface area contributed by atoms with Gasteiger partial charge < -0.3 is 14.8 Å². The average molecular weight is 328 g/mol. The molecule has 1 heterocycles. The number of fused-ring (bicyclic) bond motifs is 1. The molecule has 0 saturated carbocycles. The van der Waals surface area contributed by atoms with Gasteiger partial charge in [-0.1, -0.05) is 12.1 Å². The summed E-state index contributed by atoms with van der Waals surface area (Å²) in [4.78, 5) is 22.3. The third-order valence-electron chi connectivity index (χ3n) is 3.54. The predicted molar refractivity (Wildman–Crippen MR) is 87.5 cm³/mol. The lowest BCUT2D eigenvalue weighted by atomic mass is 10.1. The molecular formula is C17H16N2O5. The van der Waals surface area contributed by atoms with Crippen LogP contribution in [-0.4, -0.2) is 24.0 Å². The van der Waals surface area contributed by atoms with E-state index in [0.717, 1.165) is 6.42 Å². The quantitative estimate of drug-likeness (QED) is 0.688. The second kappa shape index (κ2) is 6.99. The van der Waals surface area contributed by atoms with Crippen molar-refractivity contribution in [3.05, 3.63) is 58.1 Å². The van der Waals surface area contributed by atoms with Gasteiger partial charge >= 0.3 is 0 Å². The first-order valence-corrected chi connectivity index (χ1v) is 7.54. The fraction of sp³-hybridized carbons (Fsp3) is 0.235. The van der Waals surface area contributed by atoms with Crippen molar-refractivity contribution in [1.82, 2.24) is 0 Å². The molecule has 3 rings (SSSR count). The normalized spacial score (nSPS) is 13.0. The predicted octanol–water partition coefficient (Wildman–Crippen LogP) is 2.94. The molecule has 0 atom stereocenters. The zero-order valence-electron chi connectivity index (χ0n) is 12.9. The van der Waals surface area contributed by atoms with Crippen molar-refractivity contribution < 1.29 is 19.2 Å². The third kappa shape index (κ3) is 3.81. The first kappa shape index (κ1) is 15.8. The number of anilines is 1. The van der Waals surface area contributed by atoms with Crippen molar-refractivity contribution in [3.8, 4) is 11.5 Å². The molecule has 1 amide bonds. The number of rotatable bonds is 4. The van der Waals surface area contributed by atoms with Gasteiger partial charge in [-0.2, -0.15) is 0 Å². The Morgan fingerprint density at radius 1 is 1.08 bits per heavy atom. The lowest BCUT2D eigenvalue weighted by Gasteiger charge is -2.10. The van der Waals surface area contributed by atoms with Crippen LogP contribution in [0.4, 0.5) is 11.4 Å². The Bertz CT molecular complexity index is 758. The smallest absolute Gasteiger partial charge is 0.269 e. The first-order valence-electron chi connectivity index (χ1n) is 7.54. The van der Waals surface area contributed by atoms with E-state index < -0.39 is 4.92 Å². The highest BCUT2D eigenvalue weighted by atomic mass is 16.6. The molecular weight excluding hydrogens is 312 g/mol. The maximum Gasteiger partial charge on any atom is 0.269 e. The standard InChI is InChI=1S/C17H16N2O5/c20-17(10-12-2-5-14(6-3-12)19(21)22)18-13-4-7-15-16(11-13)24-9-1-8-23-15/h2-7,11H,1,8-10H2,(H,18,20). The van der Waals surface area contributed by atoms with Crippen LogP contribution < -0.4 is 14.8 Å². The van der Waals surface area contributed by atoms with Gasteiger partial charge in [0.2, 0.25) is 5.91 Å². The van der Waals surface area contributed by atoms with Gasteiger partial charge in [-0.25, -0.2) is 0 Å². The molecule has 124 valence electrons. The number of nitro groups is 1. The van der Waals surface area contributed by atoms with Crippen molar-refractivity contribution >= 4 is 17.3 Å². The van der Waals surface area contributed by atoms with Crippen LogP contribution in [0.1, 0.15) is 12.0 Å². The van der Waals surface area contributed by atoms with Gasteiger partial charge in [-0.3, -0.25) is 14.9 Å². The Morgan fingerprint density at radius 3 is 2.50 bits per heavy atom. The molecule has 1 N–H and O–H groups in total. The van der Waals surface area contributed by atoms with Crippen molar-refractivity contribution in [2.45, 2.75) is 12.8 Å². The van der Waals surface area contributed by atoms with Crippen molar-refractivity contribution in [2.24, 2.45) is 0 Å². The molecule has 1 aliphatic heterocycles. The molecule has 7 heteroatoms.